The van der Waals surface area contributed by atoms with Gasteiger partial charge >= 0.3 is 0 Å². The number of furan rings is 1. The maximum atomic E-state index is 12.6. The lowest BCUT2D eigenvalue weighted by atomic mass is 10.2. The first kappa shape index (κ1) is 20.2. The number of carbonyl (C=O) groups is 2. The van der Waals surface area contributed by atoms with Crippen molar-refractivity contribution < 1.29 is 14.0 Å². The summed E-state index contributed by atoms with van der Waals surface area (Å²) in [6.45, 7) is 7.35. The van der Waals surface area contributed by atoms with Crippen molar-refractivity contribution in [1.82, 2.24) is 14.7 Å². The van der Waals surface area contributed by atoms with Crippen LogP contribution in [0.25, 0.3) is 6.08 Å². The van der Waals surface area contributed by atoms with Crippen LogP contribution in [-0.4, -0.2) is 72.3 Å². The third-order valence-corrected chi connectivity index (χ3v) is 6.51. The van der Waals surface area contributed by atoms with Gasteiger partial charge in [0.15, 0.2) is 0 Å². The second-order valence-corrected chi connectivity index (χ2v) is 8.79. The zero-order valence-electron chi connectivity index (χ0n) is 17.5. The molecule has 0 bridgehead atoms. The van der Waals surface area contributed by atoms with Gasteiger partial charge in [-0.3, -0.25) is 14.5 Å². The van der Waals surface area contributed by atoms with Crippen LogP contribution in [0.15, 0.2) is 22.6 Å². The van der Waals surface area contributed by atoms with Gasteiger partial charge in [0.05, 0.1) is 6.54 Å². The molecule has 29 heavy (non-hydrogen) atoms. The Morgan fingerprint density at radius 2 is 1.69 bits per heavy atom. The predicted molar refractivity (Wildman–Crippen MR) is 112 cm³/mol. The lowest BCUT2D eigenvalue weighted by molar-refractivity contribution is -0.133. The average Bonchev–Trinajstić information content (AvgIpc) is 3.38. The Morgan fingerprint density at radius 3 is 2.34 bits per heavy atom. The minimum Gasteiger partial charge on any atom is -0.461 e. The van der Waals surface area contributed by atoms with E-state index in [1.165, 1.54) is 19.3 Å². The average molecular weight is 400 g/mol. The summed E-state index contributed by atoms with van der Waals surface area (Å²) in [5.41, 5.74) is 0. The van der Waals surface area contributed by atoms with Gasteiger partial charge in [-0.15, -0.1) is 0 Å². The molecule has 1 aromatic rings. The van der Waals surface area contributed by atoms with Crippen molar-refractivity contribution in [3.63, 3.8) is 0 Å². The first-order chi connectivity index (χ1) is 14.1. The summed E-state index contributed by atoms with van der Waals surface area (Å²) in [7, 11) is 0. The minimum absolute atomic E-state index is 0.0150. The van der Waals surface area contributed by atoms with Gasteiger partial charge in [0.2, 0.25) is 11.8 Å². The first-order valence-corrected chi connectivity index (χ1v) is 11.2. The summed E-state index contributed by atoms with van der Waals surface area (Å²) in [4.78, 5) is 31.1. The number of nitrogens with zero attached hydrogens (tertiary/aromatic N) is 3. The van der Waals surface area contributed by atoms with Crippen LogP contribution >= 0.6 is 0 Å². The highest BCUT2D eigenvalue weighted by Crippen LogP contribution is 2.47. The van der Waals surface area contributed by atoms with E-state index < -0.39 is 0 Å². The first-order valence-electron chi connectivity index (χ1n) is 11.2. The van der Waals surface area contributed by atoms with Gasteiger partial charge < -0.3 is 14.2 Å². The maximum absolute atomic E-state index is 12.6. The third-order valence-electron chi connectivity index (χ3n) is 6.51. The fraction of sp³-hybridized carbons (Fsp3) is 0.652. The molecule has 3 fully saturated rings. The predicted octanol–water partition coefficient (Wildman–Crippen LogP) is 2.96. The van der Waals surface area contributed by atoms with Crippen LogP contribution < -0.4 is 0 Å². The molecule has 3 heterocycles. The van der Waals surface area contributed by atoms with Crippen molar-refractivity contribution >= 4 is 17.9 Å². The monoisotopic (exact) mass is 399 g/mol. The van der Waals surface area contributed by atoms with E-state index in [4.69, 9.17) is 4.42 Å². The summed E-state index contributed by atoms with van der Waals surface area (Å²) in [6, 6.07) is 3.97. The van der Waals surface area contributed by atoms with Crippen molar-refractivity contribution in [1.29, 1.82) is 0 Å². The molecule has 2 saturated heterocycles. The Balaban J connectivity index is 1.21. The summed E-state index contributed by atoms with van der Waals surface area (Å²) < 4.78 is 5.84. The van der Waals surface area contributed by atoms with Crippen molar-refractivity contribution in [3.8, 4) is 0 Å². The Bertz CT molecular complexity index is 740. The van der Waals surface area contributed by atoms with Crippen molar-refractivity contribution in [2.24, 2.45) is 5.92 Å². The highest BCUT2D eigenvalue weighted by Gasteiger charge is 2.36. The molecular formula is C23H33N3O3. The highest BCUT2D eigenvalue weighted by molar-refractivity contribution is 5.91. The number of carbonyl (C=O) groups excluding carboxylic acids is 2. The smallest absolute Gasteiger partial charge is 0.246 e. The molecule has 2 unspecified atom stereocenters. The van der Waals surface area contributed by atoms with Gasteiger partial charge in [-0.05, 0) is 43.4 Å². The fourth-order valence-corrected chi connectivity index (χ4v) is 4.37. The zero-order valence-corrected chi connectivity index (χ0v) is 17.5. The molecule has 4 rings (SSSR count). The molecule has 2 aliphatic heterocycles. The van der Waals surface area contributed by atoms with Crippen LogP contribution in [0.1, 0.15) is 56.5 Å². The number of piperazine rings is 1. The van der Waals surface area contributed by atoms with Gasteiger partial charge in [0.25, 0.3) is 0 Å². The molecule has 3 aliphatic rings. The number of amides is 2. The third kappa shape index (κ3) is 5.30. The van der Waals surface area contributed by atoms with Gasteiger partial charge in [-0.2, -0.15) is 0 Å². The molecule has 2 atom stereocenters. The summed E-state index contributed by atoms with van der Waals surface area (Å²) in [5, 5.41) is 0. The standard InChI is InChI=1S/C23H33N3O3/c1-18-16-20(18)21-8-6-19(29-21)7-9-22(27)26-14-12-24(13-15-26)17-23(28)25-10-4-2-3-5-11-25/h6-9,18,20H,2-5,10-17H2,1H3/b9-7+. The number of hydrogen-bond acceptors (Lipinski definition) is 4. The zero-order chi connectivity index (χ0) is 20.2. The molecule has 6 nitrogen and oxygen atoms in total. The SMILES string of the molecule is CC1CC1c1ccc(/C=C/C(=O)N2CCN(CC(=O)N3CCCCCC3)CC2)o1. The second kappa shape index (κ2) is 9.16. The number of rotatable bonds is 5. The Labute approximate surface area is 173 Å². The molecule has 1 saturated carbocycles. The molecule has 6 heteroatoms. The Hall–Kier alpha value is -2.08. The molecule has 1 aliphatic carbocycles. The van der Waals surface area contributed by atoms with Gasteiger partial charge in [-0.25, -0.2) is 0 Å². The largest absolute Gasteiger partial charge is 0.461 e. The second-order valence-electron chi connectivity index (χ2n) is 8.79. The number of likely N-dealkylation sites (tertiary alicyclic amines) is 1. The summed E-state index contributed by atoms with van der Waals surface area (Å²) in [5.74, 6) is 3.30. The van der Waals surface area contributed by atoms with Crippen LogP contribution in [0.4, 0.5) is 0 Å². The van der Waals surface area contributed by atoms with Crippen LogP contribution in [0.5, 0.6) is 0 Å². The van der Waals surface area contributed by atoms with E-state index in [-0.39, 0.29) is 11.8 Å². The Morgan fingerprint density at radius 1 is 1.00 bits per heavy atom. The van der Waals surface area contributed by atoms with Crippen LogP contribution in [0.3, 0.4) is 0 Å². The van der Waals surface area contributed by atoms with Crippen LogP contribution in [0, 0.1) is 5.92 Å². The topological polar surface area (TPSA) is 57.0 Å². The number of hydrogen-bond donors (Lipinski definition) is 0. The molecule has 158 valence electrons. The lowest BCUT2D eigenvalue weighted by Gasteiger charge is -2.34. The molecule has 0 radical (unpaired) electrons. The summed E-state index contributed by atoms with van der Waals surface area (Å²) >= 11 is 0. The van der Waals surface area contributed by atoms with Gasteiger partial charge in [0.1, 0.15) is 11.5 Å². The maximum Gasteiger partial charge on any atom is 0.246 e. The molecule has 0 spiro atoms. The van der Waals surface area contributed by atoms with E-state index in [0.717, 1.165) is 50.5 Å². The van der Waals surface area contributed by atoms with Crippen LogP contribution in [-0.2, 0) is 9.59 Å². The van der Waals surface area contributed by atoms with E-state index in [2.05, 4.69) is 11.8 Å². The molecule has 2 amide bonds. The van der Waals surface area contributed by atoms with E-state index in [9.17, 15) is 9.59 Å². The van der Waals surface area contributed by atoms with Crippen LogP contribution in [0.2, 0.25) is 0 Å². The summed E-state index contributed by atoms with van der Waals surface area (Å²) in [6.07, 6.45) is 9.29. The van der Waals surface area contributed by atoms with Gasteiger partial charge in [-0.1, -0.05) is 19.8 Å². The minimum atomic E-state index is 0.0150. The van der Waals surface area contributed by atoms with Crippen molar-refractivity contribution in [3.05, 3.63) is 29.7 Å². The highest BCUT2D eigenvalue weighted by atomic mass is 16.3. The van der Waals surface area contributed by atoms with E-state index in [1.807, 2.05) is 21.9 Å². The van der Waals surface area contributed by atoms with E-state index in [0.29, 0.717) is 31.5 Å². The fourth-order valence-electron chi connectivity index (χ4n) is 4.37. The Kier molecular flexibility index (Phi) is 6.38. The van der Waals surface area contributed by atoms with Gasteiger partial charge in [0, 0.05) is 51.3 Å². The van der Waals surface area contributed by atoms with E-state index >= 15 is 0 Å². The molecular weight excluding hydrogens is 366 g/mol. The van der Waals surface area contributed by atoms with E-state index in [1.54, 1.807) is 12.2 Å². The molecule has 0 aromatic carbocycles. The molecule has 1 aromatic heterocycles. The normalized spacial score (nSPS) is 26.0. The molecule has 0 N–H and O–H groups in total. The quantitative estimate of drug-likeness (QED) is 0.715. The lowest BCUT2D eigenvalue weighted by Crippen LogP contribution is -2.51. The van der Waals surface area contributed by atoms with Crippen molar-refractivity contribution in [2.45, 2.75) is 44.9 Å². The van der Waals surface area contributed by atoms with Crippen molar-refractivity contribution in [2.75, 3.05) is 45.8 Å².